The maximum absolute atomic E-state index is 10.1. The lowest BCUT2D eigenvalue weighted by Crippen LogP contribution is -1.74. The van der Waals surface area contributed by atoms with E-state index in [-0.39, 0.29) is 0 Å². The molecule has 0 aliphatic heterocycles. The fourth-order valence-corrected chi connectivity index (χ4v) is 0.379. The summed E-state index contributed by atoms with van der Waals surface area (Å²) in [7, 11) is 0. The SMILES string of the molecule is C/C(C=O)=C\C#C/C=C(\C)C=O. The third-order valence-corrected chi connectivity index (χ3v) is 1.05. The summed E-state index contributed by atoms with van der Waals surface area (Å²) < 4.78 is 0. The van der Waals surface area contributed by atoms with Gasteiger partial charge in [-0.2, -0.15) is 0 Å². The lowest BCUT2D eigenvalue weighted by molar-refractivity contribution is -0.105. The molecule has 0 aromatic rings. The van der Waals surface area contributed by atoms with E-state index in [1.54, 1.807) is 13.8 Å². The Hall–Kier alpha value is -1.62. The van der Waals surface area contributed by atoms with E-state index in [9.17, 15) is 9.59 Å². The van der Waals surface area contributed by atoms with E-state index in [4.69, 9.17) is 0 Å². The normalized spacial score (nSPS) is 11.5. The van der Waals surface area contributed by atoms with Gasteiger partial charge in [0.05, 0.1) is 0 Å². The standard InChI is InChI=1S/C10H10O2/c1-9(7-11)5-3-4-6-10(2)8-12/h5-8H,1-2H3/b9-5+,10-6+. The minimum Gasteiger partial charge on any atom is -0.298 e. The number of carbonyl (C=O) groups excluding carboxylic acids is 2. The molecule has 0 saturated carbocycles. The van der Waals surface area contributed by atoms with Crippen molar-refractivity contribution in [2.75, 3.05) is 0 Å². The van der Waals surface area contributed by atoms with Gasteiger partial charge >= 0.3 is 0 Å². The van der Waals surface area contributed by atoms with Gasteiger partial charge in [0, 0.05) is 0 Å². The van der Waals surface area contributed by atoms with Crippen LogP contribution in [0.3, 0.4) is 0 Å². The Bertz CT molecular complexity index is 257. The Morgan fingerprint density at radius 2 is 1.25 bits per heavy atom. The van der Waals surface area contributed by atoms with E-state index in [0.717, 1.165) is 12.6 Å². The van der Waals surface area contributed by atoms with Crippen LogP contribution in [-0.2, 0) is 9.59 Å². The molecule has 62 valence electrons. The van der Waals surface area contributed by atoms with Crippen LogP contribution in [0.5, 0.6) is 0 Å². The Morgan fingerprint density at radius 1 is 0.917 bits per heavy atom. The minimum absolute atomic E-state index is 0.569. The Balaban J connectivity index is 4.24. The first-order valence-electron chi connectivity index (χ1n) is 3.45. The van der Waals surface area contributed by atoms with Crippen LogP contribution < -0.4 is 0 Å². The molecule has 2 nitrogen and oxygen atoms in total. The van der Waals surface area contributed by atoms with Crippen LogP contribution in [0, 0.1) is 11.8 Å². The fraction of sp³-hybridized carbons (Fsp3) is 0.200. The van der Waals surface area contributed by atoms with Crippen LogP contribution in [0.1, 0.15) is 13.8 Å². The van der Waals surface area contributed by atoms with Gasteiger partial charge in [-0.3, -0.25) is 9.59 Å². The third kappa shape index (κ3) is 5.19. The summed E-state index contributed by atoms with van der Waals surface area (Å²) in [5.74, 6) is 5.25. The first-order valence-corrected chi connectivity index (χ1v) is 3.45. The van der Waals surface area contributed by atoms with Crippen LogP contribution in [0.2, 0.25) is 0 Å². The largest absolute Gasteiger partial charge is 0.298 e. The number of aldehydes is 2. The number of carbonyl (C=O) groups is 2. The molecule has 0 unspecified atom stereocenters. The maximum atomic E-state index is 10.1. The first-order chi connectivity index (χ1) is 5.70. The molecule has 0 rings (SSSR count). The zero-order chi connectivity index (χ0) is 9.40. The lowest BCUT2D eigenvalue weighted by atomic mass is 10.3. The van der Waals surface area contributed by atoms with Crippen molar-refractivity contribution in [2.24, 2.45) is 0 Å². The van der Waals surface area contributed by atoms with Crippen LogP contribution in [0.15, 0.2) is 23.3 Å². The van der Waals surface area contributed by atoms with Gasteiger partial charge in [-0.05, 0) is 37.1 Å². The second-order valence-corrected chi connectivity index (χ2v) is 2.30. The topological polar surface area (TPSA) is 34.1 Å². The summed E-state index contributed by atoms with van der Waals surface area (Å²) in [4.78, 5) is 20.2. The molecule has 0 atom stereocenters. The van der Waals surface area contributed by atoms with Gasteiger partial charge in [-0.1, -0.05) is 11.8 Å². The van der Waals surface area contributed by atoms with Crippen molar-refractivity contribution >= 4 is 12.6 Å². The van der Waals surface area contributed by atoms with Gasteiger partial charge in [0.2, 0.25) is 0 Å². The molecule has 0 radical (unpaired) electrons. The molecule has 2 heteroatoms. The highest BCUT2D eigenvalue weighted by Gasteiger charge is 1.78. The summed E-state index contributed by atoms with van der Waals surface area (Å²) in [6, 6.07) is 0. The molecular formula is C10H10O2. The van der Waals surface area contributed by atoms with Gasteiger partial charge in [0.25, 0.3) is 0 Å². The number of allylic oxidation sites excluding steroid dienone is 4. The van der Waals surface area contributed by atoms with Gasteiger partial charge < -0.3 is 0 Å². The van der Waals surface area contributed by atoms with Crippen molar-refractivity contribution in [1.82, 2.24) is 0 Å². The Labute approximate surface area is 72.0 Å². The molecule has 0 aliphatic carbocycles. The van der Waals surface area contributed by atoms with E-state index < -0.39 is 0 Å². The molecule has 0 aromatic heterocycles. The van der Waals surface area contributed by atoms with Crippen LogP contribution in [0.4, 0.5) is 0 Å². The summed E-state index contributed by atoms with van der Waals surface area (Å²) in [5, 5.41) is 0. The van der Waals surface area contributed by atoms with Gasteiger partial charge in [-0.15, -0.1) is 0 Å². The maximum Gasteiger partial charge on any atom is 0.146 e. The molecule has 0 saturated heterocycles. The highest BCUT2D eigenvalue weighted by atomic mass is 16.1. The summed E-state index contributed by atoms with van der Waals surface area (Å²) in [6.45, 7) is 3.33. The smallest absolute Gasteiger partial charge is 0.146 e. The van der Waals surface area contributed by atoms with Crippen molar-refractivity contribution in [1.29, 1.82) is 0 Å². The second kappa shape index (κ2) is 6.11. The molecule has 0 amide bonds. The molecule has 0 fully saturated rings. The average Bonchev–Trinajstić information content (AvgIpc) is 2.11. The van der Waals surface area contributed by atoms with Crippen molar-refractivity contribution in [3.63, 3.8) is 0 Å². The highest BCUT2D eigenvalue weighted by molar-refractivity contribution is 5.74. The van der Waals surface area contributed by atoms with Crippen LogP contribution >= 0.6 is 0 Å². The molecular weight excluding hydrogens is 152 g/mol. The van der Waals surface area contributed by atoms with Gasteiger partial charge in [-0.25, -0.2) is 0 Å². The predicted octanol–water partition coefficient (Wildman–Crippen LogP) is 1.28. The summed E-state index contributed by atoms with van der Waals surface area (Å²) >= 11 is 0. The molecule has 0 spiro atoms. The zero-order valence-corrected chi connectivity index (χ0v) is 7.13. The van der Waals surface area contributed by atoms with Crippen molar-refractivity contribution in [2.45, 2.75) is 13.8 Å². The lowest BCUT2D eigenvalue weighted by Gasteiger charge is -1.77. The number of hydrogen-bond acceptors (Lipinski definition) is 2. The van der Waals surface area contributed by atoms with E-state index in [2.05, 4.69) is 11.8 Å². The van der Waals surface area contributed by atoms with Gasteiger partial charge in [0.15, 0.2) is 0 Å². The van der Waals surface area contributed by atoms with Crippen LogP contribution in [-0.4, -0.2) is 12.6 Å². The van der Waals surface area contributed by atoms with Gasteiger partial charge in [0.1, 0.15) is 12.6 Å². The van der Waals surface area contributed by atoms with E-state index in [0.29, 0.717) is 11.1 Å². The second-order valence-electron chi connectivity index (χ2n) is 2.30. The molecule has 0 bridgehead atoms. The van der Waals surface area contributed by atoms with Crippen LogP contribution in [0.25, 0.3) is 0 Å². The molecule has 0 aromatic carbocycles. The molecule has 0 N–H and O–H groups in total. The van der Waals surface area contributed by atoms with Crippen molar-refractivity contribution in [3.8, 4) is 11.8 Å². The van der Waals surface area contributed by atoms with E-state index >= 15 is 0 Å². The third-order valence-electron chi connectivity index (χ3n) is 1.05. The zero-order valence-electron chi connectivity index (χ0n) is 7.13. The number of hydrogen-bond donors (Lipinski definition) is 0. The minimum atomic E-state index is 0.569. The monoisotopic (exact) mass is 162 g/mol. The first kappa shape index (κ1) is 10.4. The van der Waals surface area contributed by atoms with E-state index in [1.807, 2.05) is 0 Å². The summed E-state index contributed by atoms with van der Waals surface area (Å²) in [5.41, 5.74) is 1.14. The summed E-state index contributed by atoms with van der Waals surface area (Å²) in [6.07, 6.45) is 4.46. The molecule has 12 heavy (non-hydrogen) atoms. The van der Waals surface area contributed by atoms with Crippen molar-refractivity contribution in [3.05, 3.63) is 23.3 Å². The molecule has 0 heterocycles. The Kier molecular flexibility index (Phi) is 5.29. The highest BCUT2D eigenvalue weighted by Crippen LogP contribution is 1.85. The molecule has 0 aliphatic rings. The van der Waals surface area contributed by atoms with E-state index in [1.165, 1.54) is 12.2 Å². The number of rotatable bonds is 2. The Morgan fingerprint density at radius 3 is 1.50 bits per heavy atom. The van der Waals surface area contributed by atoms with Crippen molar-refractivity contribution < 1.29 is 9.59 Å². The quantitative estimate of drug-likeness (QED) is 0.348. The fourth-order valence-electron chi connectivity index (χ4n) is 0.379. The predicted molar refractivity (Wildman–Crippen MR) is 47.4 cm³/mol. The average molecular weight is 162 g/mol.